The second-order valence-electron chi connectivity index (χ2n) is 6.10. The average Bonchev–Trinajstić information content (AvgIpc) is 2.62. The number of nitrogens with two attached hydrogens (primary N) is 1. The number of piperazine rings is 1. The molecule has 1 fully saturated rings. The Morgan fingerprint density at radius 3 is 2.88 bits per heavy atom. The Bertz CT molecular complexity index is 717. The second-order valence-corrected chi connectivity index (χ2v) is 6.10. The minimum Gasteiger partial charge on any atom is -0.478 e. The highest BCUT2D eigenvalue weighted by molar-refractivity contribution is 5.89. The number of rotatable bonds is 5. The molecule has 24 heavy (non-hydrogen) atoms. The lowest BCUT2D eigenvalue weighted by Gasteiger charge is -2.37. The number of hydrogen-bond acceptors (Lipinski definition) is 4. The van der Waals surface area contributed by atoms with E-state index in [1.54, 1.807) is 12.1 Å². The van der Waals surface area contributed by atoms with Crippen LogP contribution >= 0.6 is 0 Å². The van der Waals surface area contributed by atoms with Gasteiger partial charge in [0.15, 0.2) is 0 Å². The van der Waals surface area contributed by atoms with Gasteiger partial charge in [-0.2, -0.15) is 0 Å². The van der Waals surface area contributed by atoms with Crippen LogP contribution in [0.3, 0.4) is 0 Å². The van der Waals surface area contributed by atoms with E-state index in [4.69, 9.17) is 5.73 Å². The van der Waals surface area contributed by atoms with Crippen molar-refractivity contribution in [3.05, 3.63) is 70.8 Å². The quantitative estimate of drug-likeness (QED) is 0.783. The fourth-order valence-electron chi connectivity index (χ4n) is 3.28. The normalized spacial score (nSPS) is 18.5. The topological polar surface area (TPSA) is 78.6 Å². The van der Waals surface area contributed by atoms with Gasteiger partial charge in [0.1, 0.15) is 0 Å². The molecule has 1 saturated heterocycles. The van der Waals surface area contributed by atoms with Crippen molar-refractivity contribution in [2.24, 2.45) is 5.73 Å². The Morgan fingerprint density at radius 2 is 2.08 bits per heavy atom. The largest absolute Gasteiger partial charge is 0.478 e. The summed E-state index contributed by atoms with van der Waals surface area (Å²) >= 11 is 0. The van der Waals surface area contributed by atoms with Gasteiger partial charge in [0, 0.05) is 38.8 Å². The van der Waals surface area contributed by atoms with E-state index in [9.17, 15) is 9.90 Å². The summed E-state index contributed by atoms with van der Waals surface area (Å²) in [6.45, 7) is 3.79. The summed E-state index contributed by atoms with van der Waals surface area (Å²) in [5.74, 6) is -0.873. The minimum absolute atomic E-state index is 0.215. The molecule has 1 aliphatic heterocycles. The predicted molar refractivity (Wildman–Crippen MR) is 93.8 cm³/mol. The first-order valence-corrected chi connectivity index (χ1v) is 8.24. The van der Waals surface area contributed by atoms with Gasteiger partial charge in [0.2, 0.25) is 0 Å². The second kappa shape index (κ2) is 7.57. The molecule has 5 nitrogen and oxygen atoms in total. The molecule has 0 amide bonds. The van der Waals surface area contributed by atoms with Crippen LogP contribution in [0.1, 0.15) is 33.1 Å². The zero-order chi connectivity index (χ0) is 16.9. The smallest absolute Gasteiger partial charge is 0.336 e. The molecule has 1 aliphatic rings. The number of carboxylic acids is 1. The highest BCUT2D eigenvalue weighted by Crippen LogP contribution is 2.26. The van der Waals surface area contributed by atoms with E-state index < -0.39 is 5.97 Å². The van der Waals surface area contributed by atoms with Crippen molar-refractivity contribution in [2.45, 2.75) is 19.1 Å². The Morgan fingerprint density at radius 1 is 1.25 bits per heavy atom. The fourth-order valence-corrected chi connectivity index (χ4v) is 3.28. The molecular weight excluding hydrogens is 302 g/mol. The van der Waals surface area contributed by atoms with Gasteiger partial charge in [-0.05, 0) is 22.8 Å². The van der Waals surface area contributed by atoms with E-state index in [1.165, 1.54) is 5.56 Å². The van der Waals surface area contributed by atoms with Crippen molar-refractivity contribution in [2.75, 3.05) is 19.6 Å². The Kier molecular flexibility index (Phi) is 5.25. The lowest BCUT2D eigenvalue weighted by atomic mass is 9.99. The predicted octanol–water partition coefficient (Wildman–Crippen LogP) is 1.99. The summed E-state index contributed by atoms with van der Waals surface area (Å²) < 4.78 is 0. The van der Waals surface area contributed by atoms with Crippen LogP contribution in [0.2, 0.25) is 0 Å². The molecule has 0 aromatic heterocycles. The molecule has 126 valence electrons. The van der Waals surface area contributed by atoms with Crippen molar-refractivity contribution in [3.63, 3.8) is 0 Å². The molecule has 0 radical (unpaired) electrons. The highest BCUT2D eigenvalue weighted by atomic mass is 16.4. The molecule has 5 heteroatoms. The van der Waals surface area contributed by atoms with Crippen molar-refractivity contribution in [1.29, 1.82) is 0 Å². The van der Waals surface area contributed by atoms with Crippen LogP contribution in [0.4, 0.5) is 0 Å². The number of aromatic carboxylic acids is 1. The first-order valence-electron chi connectivity index (χ1n) is 8.24. The Labute approximate surface area is 142 Å². The molecule has 1 unspecified atom stereocenters. The third-order valence-electron chi connectivity index (χ3n) is 4.55. The maximum absolute atomic E-state index is 11.5. The average molecular weight is 325 g/mol. The first kappa shape index (κ1) is 16.6. The lowest BCUT2D eigenvalue weighted by molar-refractivity contribution is 0.0693. The third-order valence-corrected chi connectivity index (χ3v) is 4.55. The fraction of sp³-hybridized carbons (Fsp3) is 0.316. The van der Waals surface area contributed by atoms with Crippen LogP contribution in [0.15, 0.2) is 48.5 Å². The van der Waals surface area contributed by atoms with Crippen LogP contribution in [0, 0.1) is 0 Å². The van der Waals surface area contributed by atoms with E-state index in [1.807, 2.05) is 24.3 Å². The van der Waals surface area contributed by atoms with Crippen LogP contribution in [0.5, 0.6) is 0 Å². The van der Waals surface area contributed by atoms with Crippen LogP contribution in [0.25, 0.3) is 0 Å². The molecule has 1 atom stereocenters. The SMILES string of the molecule is NCc1cccc(C2CNCCN2Cc2ccccc2C(=O)O)c1. The molecule has 1 heterocycles. The van der Waals surface area contributed by atoms with Gasteiger partial charge >= 0.3 is 5.97 Å². The Hall–Kier alpha value is -2.21. The summed E-state index contributed by atoms with van der Waals surface area (Å²) in [6.07, 6.45) is 0. The number of carbonyl (C=O) groups is 1. The maximum Gasteiger partial charge on any atom is 0.336 e. The standard InChI is InChI=1S/C19H23N3O2/c20-11-14-4-3-6-15(10-14)18-12-21-8-9-22(18)13-16-5-1-2-7-17(16)19(23)24/h1-7,10,18,21H,8-9,11-13,20H2,(H,23,24). The van der Waals surface area contributed by atoms with Gasteiger partial charge in [-0.1, -0.05) is 42.5 Å². The van der Waals surface area contributed by atoms with E-state index in [2.05, 4.69) is 22.3 Å². The molecular formula is C19H23N3O2. The summed E-state index contributed by atoms with van der Waals surface area (Å²) in [4.78, 5) is 13.8. The number of carboxylic acid groups (broad SMARTS) is 1. The summed E-state index contributed by atoms with van der Waals surface area (Å²) in [6, 6.07) is 15.8. The summed E-state index contributed by atoms with van der Waals surface area (Å²) in [7, 11) is 0. The summed E-state index contributed by atoms with van der Waals surface area (Å²) in [5.41, 5.74) is 9.33. The summed E-state index contributed by atoms with van der Waals surface area (Å²) in [5, 5.41) is 12.8. The van der Waals surface area contributed by atoms with E-state index in [0.717, 1.165) is 30.8 Å². The third kappa shape index (κ3) is 3.64. The highest BCUT2D eigenvalue weighted by Gasteiger charge is 2.25. The van der Waals surface area contributed by atoms with Crippen molar-refractivity contribution >= 4 is 5.97 Å². The first-order chi connectivity index (χ1) is 11.7. The molecule has 0 saturated carbocycles. The maximum atomic E-state index is 11.5. The van der Waals surface area contributed by atoms with Crippen molar-refractivity contribution in [1.82, 2.24) is 10.2 Å². The number of hydrogen-bond donors (Lipinski definition) is 3. The van der Waals surface area contributed by atoms with Crippen molar-refractivity contribution in [3.8, 4) is 0 Å². The zero-order valence-electron chi connectivity index (χ0n) is 13.6. The van der Waals surface area contributed by atoms with E-state index in [0.29, 0.717) is 18.7 Å². The number of nitrogens with one attached hydrogen (secondary N) is 1. The molecule has 0 spiro atoms. The van der Waals surface area contributed by atoms with E-state index in [-0.39, 0.29) is 6.04 Å². The van der Waals surface area contributed by atoms with Gasteiger partial charge in [-0.3, -0.25) is 4.90 Å². The monoisotopic (exact) mass is 325 g/mol. The lowest BCUT2D eigenvalue weighted by Crippen LogP contribution is -2.45. The molecule has 3 rings (SSSR count). The number of nitrogens with zero attached hydrogens (tertiary/aromatic N) is 1. The van der Waals surface area contributed by atoms with Gasteiger partial charge < -0.3 is 16.2 Å². The number of benzene rings is 2. The van der Waals surface area contributed by atoms with Gasteiger partial charge in [-0.15, -0.1) is 0 Å². The molecule has 2 aromatic rings. The van der Waals surface area contributed by atoms with E-state index >= 15 is 0 Å². The molecule has 0 bridgehead atoms. The minimum atomic E-state index is -0.873. The van der Waals surface area contributed by atoms with Crippen molar-refractivity contribution < 1.29 is 9.90 Å². The van der Waals surface area contributed by atoms with Crippen LogP contribution in [-0.4, -0.2) is 35.6 Å². The Balaban J connectivity index is 1.86. The van der Waals surface area contributed by atoms with Gasteiger partial charge in [0.05, 0.1) is 5.56 Å². The molecule has 4 N–H and O–H groups in total. The molecule has 2 aromatic carbocycles. The zero-order valence-corrected chi connectivity index (χ0v) is 13.6. The van der Waals surface area contributed by atoms with Gasteiger partial charge in [0.25, 0.3) is 0 Å². The van der Waals surface area contributed by atoms with Crippen LogP contribution < -0.4 is 11.1 Å². The van der Waals surface area contributed by atoms with Crippen LogP contribution in [-0.2, 0) is 13.1 Å². The van der Waals surface area contributed by atoms with Gasteiger partial charge in [-0.25, -0.2) is 4.79 Å². The molecule has 0 aliphatic carbocycles.